The Kier molecular flexibility index (Phi) is 4.28. The van der Waals surface area contributed by atoms with E-state index in [1.165, 1.54) is 31.2 Å². The molecule has 1 saturated heterocycles. The molecule has 1 aromatic carbocycles. The summed E-state index contributed by atoms with van der Waals surface area (Å²) in [4.78, 5) is 0. The van der Waals surface area contributed by atoms with E-state index in [0.717, 1.165) is 13.0 Å². The molecule has 1 fully saturated rings. The van der Waals surface area contributed by atoms with Gasteiger partial charge in [-0.2, -0.15) is 0 Å². The molecule has 0 bridgehead atoms. The van der Waals surface area contributed by atoms with Crippen LogP contribution < -0.4 is 5.32 Å². The molecule has 1 aromatic rings. The maximum absolute atomic E-state index is 9.60. The Bertz CT molecular complexity index is 378. The zero-order chi connectivity index (χ0) is 13.0. The predicted molar refractivity (Wildman–Crippen MR) is 75.9 cm³/mol. The molecule has 1 unspecified atom stereocenters. The Balaban J connectivity index is 2.19. The highest BCUT2D eigenvalue weighted by molar-refractivity contribution is 5.28. The number of benzene rings is 1. The number of hydrogen-bond donors (Lipinski definition) is 2. The van der Waals surface area contributed by atoms with Crippen molar-refractivity contribution in [2.24, 2.45) is 5.92 Å². The molecule has 0 aliphatic carbocycles. The van der Waals surface area contributed by atoms with Crippen molar-refractivity contribution in [1.29, 1.82) is 0 Å². The summed E-state index contributed by atoms with van der Waals surface area (Å²) in [5, 5.41) is 13.4. The molecule has 18 heavy (non-hydrogen) atoms. The van der Waals surface area contributed by atoms with Gasteiger partial charge in [-0.25, -0.2) is 0 Å². The van der Waals surface area contributed by atoms with Gasteiger partial charge in [-0.15, -0.1) is 0 Å². The van der Waals surface area contributed by atoms with E-state index in [0.29, 0.717) is 11.7 Å². The molecule has 1 heterocycles. The molecule has 0 amide bonds. The van der Waals surface area contributed by atoms with Crippen LogP contribution in [0, 0.1) is 5.92 Å². The molecule has 0 radical (unpaired) electrons. The van der Waals surface area contributed by atoms with E-state index in [4.69, 9.17) is 0 Å². The Labute approximate surface area is 110 Å². The van der Waals surface area contributed by atoms with Gasteiger partial charge in [0.1, 0.15) is 5.75 Å². The Morgan fingerprint density at radius 2 is 2.11 bits per heavy atom. The SMILES string of the molecule is CC(C)C1(Cc2cccc(O)c2)CCCCCN1. The second kappa shape index (κ2) is 5.75. The van der Waals surface area contributed by atoms with E-state index < -0.39 is 0 Å². The second-order valence-electron chi connectivity index (χ2n) is 5.89. The average Bonchev–Trinajstić information content (AvgIpc) is 2.55. The normalized spacial score (nSPS) is 25.1. The van der Waals surface area contributed by atoms with Gasteiger partial charge in [0.25, 0.3) is 0 Å². The van der Waals surface area contributed by atoms with Gasteiger partial charge in [-0.1, -0.05) is 38.8 Å². The van der Waals surface area contributed by atoms with Crippen LogP contribution in [0.3, 0.4) is 0 Å². The van der Waals surface area contributed by atoms with Crippen molar-refractivity contribution in [2.75, 3.05) is 6.54 Å². The molecule has 1 atom stereocenters. The van der Waals surface area contributed by atoms with Crippen molar-refractivity contribution >= 4 is 0 Å². The Morgan fingerprint density at radius 1 is 1.28 bits per heavy atom. The fourth-order valence-corrected chi connectivity index (χ4v) is 3.05. The van der Waals surface area contributed by atoms with Crippen LogP contribution in [0.25, 0.3) is 0 Å². The van der Waals surface area contributed by atoms with Gasteiger partial charge < -0.3 is 10.4 Å². The summed E-state index contributed by atoms with van der Waals surface area (Å²) < 4.78 is 0. The first-order valence-corrected chi connectivity index (χ1v) is 7.15. The minimum Gasteiger partial charge on any atom is -0.508 e. The number of nitrogens with one attached hydrogen (secondary N) is 1. The summed E-state index contributed by atoms with van der Waals surface area (Å²) >= 11 is 0. The second-order valence-corrected chi connectivity index (χ2v) is 5.89. The molecule has 2 nitrogen and oxygen atoms in total. The van der Waals surface area contributed by atoms with Crippen LogP contribution in [-0.4, -0.2) is 17.2 Å². The zero-order valence-corrected chi connectivity index (χ0v) is 11.6. The summed E-state index contributed by atoms with van der Waals surface area (Å²) in [6, 6.07) is 7.70. The average molecular weight is 247 g/mol. The number of aromatic hydroxyl groups is 1. The third-order valence-corrected chi connectivity index (χ3v) is 4.31. The highest BCUT2D eigenvalue weighted by Gasteiger charge is 2.33. The zero-order valence-electron chi connectivity index (χ0n) is 11.6. The molecule has 0 saturated carbocycles. The van der Waals surface area contributed by atoms with Crippen LogP contribution in [0.4, 0.5) is 0 Å². The first-order valence-electron chi connectivity index (χ1n) is 7.15. The van der Waals surface area contributed by atoms with Crippen LogP contribution in [0.2, 0.25) is 0 Å². The van der Waals surface area contributed by atoms with Crippen LogP contribution in [-0.2, 0) is 6.42 Å². The van der Waals surface area contributed by atoms with Crippen LogP contribution >= 0.6 is 0 Å². The Morgan fingerprint density at radius 3 is 2.83 bits per heavy atom. The topological polar surface area (TPSA) is 32.3 Å². The summed E-state index contributed by atoms with van der Waals surface area (Å²) in [5.41, 5.74) is 1.43. The predicted octanol–water partition coefficient (Wildman–Crippen LogP) is 3.49. The van der Waals surface area contributed by atoms with Crippen LogP contribution in [0.1, 0.15) is 45.1 Å². The van der Waals surface area contributed by atoms with Crippen molar-refractivity contribution in [1.82, 2.24) is 5.32 Å². The van der Waals surface area contributed by atoms with Crippen molar-refractivity contribution < 1.29 is 5.11 Å². The third kappa shape index (κ3) is 3.05. The number of phenols is 1. The van der Waals surface area contributed by atoms with E-state index in [-0.39, 0.29) is 5.54 Å². The van der Waals surface area contributed by atoms with Gasteiger partial charge in [0, 0.05) is 5.54 Å². The van der Waals surface area contributed by atoms with E-state index in [1.54, 1.807) is 6.07 Å². The largest absolute Gasteiger partial charge is 0.508 e. The fourth-order valence-electron chi connectivity index (χ4n) is 3.05. The minimum atomic E-state index is 0.199. The number of phenolic OH excluding ortho intramolecular Hbond substituents is 1. The number of rotatable bonds is 3. The molecule has 100 valence electrons. The molecule has 0 aromatic heterocycles. The summed E-state index contributed by atoms with van der Waals surface area (Å²) in [6.45, 7) is 5.74. The molecule has 2 heteroatoms. The van der Waals surface area contributed by atoms with Gasteiger partial charge in [0.05, 0.1) is 0 Å². The Hall–Kier alpha value is -1.02. The van der Waals surface area contributed by atoms with Crippen molar-refractivity contribution in [3.8, 4) is 5.75 Å². The quantitative estimate of drug-likeness (QED) is 0.857. The lowest BCUT2D eigenvalue weighted by Crippen LogP contribution is -2.50. The molecule has 0 spiro atoms. The minimum absolute atomic E-state index is 0.199. The lowest BCUT2D eigenvalue weighted by molar-refractivity contribution is 0.226. The summed E-state index contributed by atoms with van der Waals surface area (Å²) in [5.74, 6) is 0.984. The fraction of sp³-hybridized carbons (Fsp3) is 0.625. The molecular weight excluding hydrogens is 222 g/mol. The summed E-state index contributed by atoms with van der Waals surface area (Å²) in [7, 11) is 0. The third-order valence-electron chi connectivity index (χ3n) is 4.31. The maximum atomic E-state index is 9.60. The van der Waals surface area contributed by atoms with Gasteiger partial charge in [-0.3, -0.25) is 0 Å². The maximum Gasteiger partial charge on any atom is 0.115 e. The molecule has 1 aliphatic rings. The highest BCUT2D eigenvalue weighted by atomic mass is 16.3. The molecule has 2 rings (SSSR count). The van der Waals surface area contributed by atoms with Crippen molar-refractivity contribution in [3.05, 3.63) is 29.8 Å². The van der Waals surface area contributed by atoms with E-state index in [1.807, 2.05) is 12.1 Å². The molecule has 1 aliphatic heterocycles. The first-order chi connectivity index (χ1) is 8.62. The lowest BCUT2D eigenvalue weighted by atomic mass is 9.77. The highest BCUT2D eigenvalue weighted by Crippen LogP contribution is 2.31. The molecular formula is C16H25NO. The first kappa shape index (κ1) is 13.4. The van der Waals surface area contributed by atoms with Crippen molar-refractivity contribution in [2.45, 2.75) is 51.5 Å². The standard InChI is InChI=1S/C16H25NO/c1-13(2)16(9-4-3-5-10-17-16)12-14-7-6-8-15(18)11-14/h6-8,11,13,17-18H,3-5,9-10,12H2,1-2H3. The van der Waals surface area contributed by atoms with Crippen LogP contribution in [0.15, 0.2) is 24.3 Å². The molecule has 2 N–H and O–H groups in total. The van der Waals surface area contributed by atoms with Crippen LogP contribution in [0.5, 0.6) is 5.75 Å². The van der Waals surface area contributed by atoms with Crippen molar-refractivity contribution in [3.63, 3.8) is 0 Å². The summed E-state index contributed by atoms with van der Waals surface area (Å²) in [6.07, 6.45) is 6.18. The van der Waals surface area contributed by atoms with E-state index in [2.05, 4.69) is 25.2 Å². The monoisotopic (exact) mass is 247 g/mol. The van der Waals surface area contributed by atoms with Gasteiger partial charge in [0.2, 0.25) is 0 Å². The van der Waals surface area contributed by atoms with Gasteiger partial charge >= 0.3 is 0 Å². The lowest BCUT2D eigenvalue weighted by Gasteiger charge is -2.38. The van der Waals surface area contributed by atoms with Gasteiger partial charge in [-0.05, 0) is 49.4 Å². The van der Waals surface area contributed by atoms with E-state index in [9.17, 15) is 5.11 Å². The number of hydrogen-bond acceptors (Lipinski definition) is 2. The smallest absolute Gasteiger partial charge is 0.115 e. The van der Waals surface area contributed by atoms with E-state index >= 15 is 0 Å². The van der Waals surface area contributed by atoms with Gasteiger partial charge in [0.15, 0.2) is 0 Å².